The van der Waals surface area contributed by atoms with Crippen LogP contribution in [-0.4, -0.2) is 30.8 Å². The number of para-hydroxylation sites is 1. The van der Waals surface area contributed by atoms with E-state index in [-0.39, 0.29) is 19.1 Å². The van der Waals surface area contributed by atoms with Gasteiger partial charge in [-0.15, -0.1) is 0 Å². The molecule has 16 heavy (non-hydrogen) atoms. The minimum absolute atomic E-state index is 0.115. The second-order valence-corrected chi connectivity index (χ2v) is 3.26. The van der Waals surface area contributed by atoms with Crippen molar-refractivity contribution in [1.29, 1.82) is 0 Å². The Morgan fingerprint density at radius 1 is 1.56 bits per heavy atom. The maximum Gasteiger partial charge on any atom is 0.254 e. The predicted octanol–water partition coefficient (Wildman–Crippen LogP) is 0.0911. The zero-order valence-corrected chi connectivity index (χ0v) is 9.14. The Labute approximate surface area is 94.2 Å². The highest BCUT2D eigenvalue weighted by Crippen LogP contribution is 2.15. The fourth-order valence-corrected chi connectivity index (χ4v) is 1.30. The molecule has 5 heteroatoms. The first-order valence-corrected chi connectivity index (χ1v) is 4.95. The lowest BCUT2D eigenvalue weighted by atomic mass is 10.2. The van der Waals surface area contributed by atoms with Crippen LogP contribution in [0, 0.1) is 0 Å². The van der Waals surface area contributed by atoms with Gasteiger partial charge in [-0.3, -0.25) is 4.79 Å². The number of nitrogens with one attached hydrogen (secondary N) is 1. The molecule has 1 atom stereocenters. The van der Waals surface area contributed by atoms with Crippen molar-refractivity contribution in [2.45, 2.75) is 12.7 Å². The maximum absolute atomic E-state index is 11.6. The minimum Gasteiger partial charge on any atom is -0.392 e. The number of aliphatic hydroxyl groups excluding tert-OH is 1. The molecule has 0 heterocycles. The van der Waals surface area contributed by atoms with Gasteiger partial charge in [0.15, 0.2) is 0 Å². The molecule has 0 aromatic heterocycles. The molecule has 5 nitrogen and oxygen atoms in total. The van der Waals surface area contributed by atoms with E-state index in [1.165, 1.54) is 7.11 Å². The van der Waals surface area contributed by atoms with E-state index in [2.05, 4.69) is 5.32 Å². The number of rotatable bonds is 5. The van der Waals surface area contributed by atoms with Crippen molar-refractivity contribution in [2.75, 3.05) is 19.0 Å². The summed E-state index contributed by atoms with van der Waals surface area (Å²) in [5, 5.41) is 11.7. The fraction of sp³-hybridized carbons (Fsp3) is 0.364. The maximum atomic E-state index is 11.6. The number of amides is 1. The molecule has 0 fully saturated rings. The summed E-state index contributed by atoms with van der Waals surface area (Å²) in [6.07, 6.45) is -0.674. The van der Waals surface area contributed by atoms with Crippen LogP contribution in [0.25, 0.3) is 0 Å². The third-order valence-electron chi connectivity index (χ3n) is 2.24. The van der Waals surface area contributed by atoms with Crippen LogP contribution in [0.4, 0.5) is 5.69 Å². The second-order valence-electron chi connectivity index (χ2n) is 3.26. The summed E-state index contributed by atoms with van der Waals surface area (Å²) in [4.78, 5) is 11.6. The molecule has 0 saturated carbocycles. The van der Waals surface area contributed by atoms with Crippen LogP contribution in [0.5, 0.6) is 0 Å². The van der Waals surface area contributed by atoms with E-state index >= 15 is 0 Å². The smallest absolute Gasteiger partial charge is 0.254 e. The molecule has 1 aromatic rings. The van der Waals surface area contributed by atoms with Gasteiger partial charge >= 0.3 is 0 Å². The molecule has 0 saturated heterocycles. The molecule has 0 aliphatic rings. The third kappa shape index (κ3) is 3.03. The molecule has 0 aliphatic carbocycles. The zero-order chi connectivity index (χ0) is 12.0. The molecule has 1 unspecified atom stereocenters. The molecule has 4 N–H and O–H groups in total. The number of nitrogens with two attached hydrogens (primary N) is 1. The number of ether oxygens (including phenoxy) is 1. The Bertz CT molecular complexity index is 351. The summed E-state index contributed by atoms with van der Waals surface area (Å²) in [7, 11) is 1.43. The van der Waals surface area contributed by atoms with Crippen LogP contribution in [0.1, 0.15) is 5.56 Å². The number of anilines is 1. The number of carbonyl (C=O) groups excluding carboxylic acids is 1. The van der Waals surface area contributed by atoms with E-state index in [4.69, 9.17) is 15.6 Å². The Hall–Kier alpha value is -1.43. The van der Waals surface area contributed by atoms with Crippen molar-refractivity contribution in [2.24, 2.45) is 5.73 Å². The summed E-state index contributed by atoms with van der Waals surface area (Å²) >= 11 is 0. The Morgan fingerprint density at radius 3 is 2.81 bits per heavy atom. The quantitative estimate of drug-likeness (QED) is 0.662. The van der Waals surface area contributed by atoms with Crippen LogP contribution >= 0.6 is 0 Å². The number of hydrogen-bond donors (Lipinski definition) is 3. The molecular weight excluding hydrogens is 208 g/mol. The van der Waals surface area contributed by atoms with E-state index in [9.17, 15) is 4.79 Å². The van der Waals surface area contributed by atoms with Gasteiger partial charge in [-0.25, -0.2) is 0 Å². The van der Waals surface area contributed by atoms with Crippen molar-refractivity contribution < 1.29 is 14.6 Å². The van der Waals surface area contributed by atoms with Crippen molar-refractivity contribution in [1.82, 2.24) is 0 Å². The second kappa shape index (κ2) is 6.22. The summed E-state index contributed by atoms with van der Waals surface area (Å²) in [5.74, 6) is -0.314. The highest BCUT2D eigenvalue weighted by atomic mass is 16.5. The SMILES string of the molecule is COC(CN)C(=O)Nc1ccccc1CO. The van der Waals surface area contributed by atoms with Crippen molar-refractivity contribution >= 4 is 11.6 Å². The first-order valence-electron chi connectivity index (χ1n) is 4.95. The molecule has 0 radical (unpaired) electrons. The molecule has 1 amide bonds. The number of carbonyl (C=O) groups is 1. The van der Waals surface area contributed by atoms with Gasteiger partial charge in [0.05, 0.1) is 6.61 Å². The Morgan fingerprint density at radius 2 is 2.25 bits per heavy atom. The van der Waals surface area contributed by atoms with Gasteiger partial charge in [0.1, 0.15) is 6.10 Å². The van der Waals surface area contributed by atoms with Crippen LogP contribution in [0.3, 0.4) is 0 Å². The lowest BCUT2D eigenvalue weighted by molar-refractivity contribution is -0.125. The number of benzene rings is 1. The molecule has 0 spiro atoms. The fourth-order valence-electron chi connectivity index (χ4n) is 1.30. The third-order valence-corrected chi connectivity index (χ3v) is 2.24. The monoisotopic (exact) mass is 224 g/mol. The van der Waals surface area contributed by atoms with Crippen molar-refractivity contribution in [3.8, 4) is 0 Å². The first-order chi connectivity index (χ1) is 7.72. The lowest BCUT2D eigenvalue weighted by Gasteiger charge is -2.14. The van der Waals surface area contributed by atoms with Crippen LogP contribution in [0.15, 0.2) is 24.3 Å². The van der Waals surface area contributed by atoms with E-state index in [0.29, 0.717) is 11.3 Å². The average Bonchev–Trinajstić information content (AvgIpc) is 2.31. The normalized spacial score (nSPS) is 12.2. The van der Waals surface area contributed by atoms with Gasteiger partial charge in [-0.05, 0) is 6.07 Å². The highest BCUT2D eigenvalue weighted by molar-refractivity contribution is 5.94. The van der Waals surface area contributed by atoms with E-state index < -0.39 is 6.10 Å². The van der Waals surface area contributed by atoms with Gasteiger partial charge in [0, 0.05) is 24.9 Å². The standard InChI is InChI=1S/C11H16N2O3/c1-16-10(6-12)11(15)13-9-5-3-2-4-8(9)7-14/h2-5,10,14H,6-7,12H2,1H3,(H,13,15). The molecule has 0 bridgehead atoms. The molecule has 1 aromatic carbocycles. The van der Waals surface area contributed by atoms with E-state index in [1.807, 2.05) is 0 Å². The highest BCUT2D eigenvalue weighted by Gasteiger charge is 2.16. The van der Waals surface area contributed by atoms with E-state index in [1.54, 1.807) is 24.3 Å². The van der Waals surface area contributed by atoms with Gasteiger partial charge < -0.3 is 20.9 Å². The summed E-state index contributed by atoms with van der Waals surface area (Å²) in [6.45, 7) is -0.0135. The number of hydrogen-bond acceptors (Lipinski definition) is 4. The molecule has 0 aliphatic heterocycles. The van der Waals surface area contributed by atoms with Gasteiger partial charge in [-0.1, -0.05) is 18.2 Å². The first kappa shape index (κ1) is 12.6. The minimum atomic E-state index is -0.674. The molecule has 1 rings (SSSR count). The van der Waals surface area contributed by atoms with Gasteiger partial charge in [0.25, 0.3) is 5.91 Å². The van der Waals surface area contributed by atoms with E-state index in [0.717, 1.165) is 0 Å². The predicted molar refractivity (Wildman–Crippen MR) is 60.8 cm³/mol. The average molecular weight is 224 g/mol. The summed E-state index contributed by atoms with van der Waals surface area (Å²) in [6, 6.07) is 7.02. The number of aliphatic hydroxyl groups is 1. The van der Waals surface area contributed by atoms with Gasteiger partial charge in [-0.2, -0.15) is 0 Å². The van der Waals surface area contributed by atoms with Crippen LogP contribution in [-0.2, 0) is 16.1 Å². The Balaban J connectivity index is 2.76. The van der Waals surface area contributed by atoms with Crippen LogP contribution in [0.2, 0.25) is 0 Å². The van der Waals surface area contributed by atoms with Crippen LogP contribution < -0.4 is 11.1 Å². The largest absolute Gasteiger partial charge is 0.392 e. The van der Waals surface area contributed by atoms with Gasteiger partial charge in [0.2, 0.25) is 0 Å². The number of methoxy groups -OCH3 is 1. The van der Waals surface area contributed by atoms with Crippen molar-refractivity contribution in [3.63, 3.8) is 0 Å². The Kier molecular flexibility index (Phi) is 4.91. The summed E-state index contributed by atoms with van der Waals surface area (Å²) in [5.41, 5.74) is 6.60. The summed E-state index contributed by atoms with van der Waals surface area (Å²) < 4.78 is 4.91. The van der Waals surface area contributed by atoms with Crippen molar-refractivity contribution in [3.05, 3.63) is 29.8 Å². The molecule has 88 valence electrons. The molecular formula is C11H16N2O3. The lowest BCUT2D eigenvalue weighted by Crippen LogP contribution is -2.36. The zero-order valence-electron chi connectivity index (χ0n) is 9.14. The topological polar surface area (TPSA) is 84.6 Å².